The lowest BCUT2D eigenvalue weighted by Crippen LogP contribution is -2.33. The maximum atomic E-state index is 11.3. The summed E-state index contributed by atoms with van der Waals surface area (Å²) in [6.45, 7) is 0.410. The van der Waals surface area contributed by atoms with E-state index in [4.69, 9.17) is 4.18 Å². The molecule has 1 aliphatic rings. The number of esters is 1. The minimum atomic E-state index is -3.47. The summed E-state index contributed by atoms with van der Waals surface area (Å²) >= 11 is 0. The highest BCUT2D eigenvalue weighted by molar-refractivity contribution is 7.86. The highest BCUT2D eigenvalue weighted by atomic mass is 32.2. The van der Waals surface area contributed by atoms with Crippen molar-refractivity contribution in [3.63, 3.8) is 0 Å². The third-order valence-electron chi connectivity index (χ3n) is 2.29. The molecule has 6 nitrogen and oxygen atoms in total. The van der Waals surface area contributed by atoms with E-state index in [2.05, 4.69) is 4.74 Å². The van der Waals surface area contributed by atoms with E-state index in [1.54, 1.807) is 11.9 Å². The van der Waals surface area contributed by atoms with Crippen molar-refractivity contribution in [3.05, 3.63) is 0 Å². The Labute approximate surface area is 89.3 Å². The van der Waals surface area contributed by atoms with Crippen LogP contribution in [0.3, 0.4) is 0 Å². The first kappa shape index (κ1) is 12.4. The predicted octanol–water partition coefficient (Wildman–Crippen LogP) is -0.792. The summed E-state index contributed by atoms with van der Waals surface area (Å²) in [7, 11) is -0.430. The minimum absolute atomic E-state index is 0.343. The maximum absolute atomic E-state index is 11.3. The number of hydrogen-bond acceptors (Lipinski definition) is 6. The lowest BCUT2D eigenvalue weighted by molar-refractivity contribution is -0.145. The molecule has 1 rings (SSSR count). The minimum Gasteiger partial charge on any atom is -0.468 e. The van der Waals surface area contributed by atoms with Gasteiger partial charge in [-0.05, 0) is 7.05 Å². The van der Waals surface area contributed by atoms with Crippen molar-refractivity contribution in [1.29, 1.82) is 0 Å². The standard InChI is InChI=1S/C8H15NO5S/c1-9-5-6(14-15(3,11)12)4-7(9)8(10)13-2/h6-7H,4-5H2,1-3H3/t6-,7+/m1/s1. The Kier molecular flexibility index (Phi) is 3.69. The lowest BCUT2D eigenvalue weighted by atomic mass is 10.2. The van der Waals surface area contributed by atoms with Crippen LogP contribution >= 0.6 is 0 Å². The normalized spacial score (nSPS) is 27.9. The van der Waals surface area contributed by atoms with Gasteiger partial charge in [0.15, 0.2) is 0 Å². The molecule has 0 radical (unpaired) electrons. The van der Waals surface area contributed by atoms with Gasteiger partial charge in [-0.25, -0.2) is 0 Å². The highest BCUT2D eigenvalue weighted by Crippen LogP contribution is 2.20. The van der Waals surface area contributed by atoms with E-state index >= 15 is 0 Å². The molecule has 0 aromatic rings. The molecule has 0 aromatic heterocycles. The Morgan fingerprint density at radius 1 is 1.47 bits per heavy atom. The highest BCUT2D eigenvalue weighted by Gasteiger charge is 2.37. The smallest absolute Gasteiger partial charge is 0.323 e. The number of likely N-dealkylation sites (N-methyl/N-ethyl adjacent to an activating group) is 1. The molecule has 15 heavy (non-hydrogen) atoms. The molecule has 0 amide bonds. The molecular weight excluding hydrogens is 222 g/mol. The van der Waals surface area contributed by atoms with E-state index in [1.807, 2.05) is 0 Å². The first-order valence-corrected chi connectivity index (χ1v) is 6.31. The van der Waals surface area contributed by atoms with Crippen LogP contribution in [0.1, 0.15) is 6.42 Å². The van der Waals surface area contributed by atoms with E-state index in [0.29, 0.717) is 13.0 Å². The SMILES string of the molecule is COC(=O)[C@@H]1C[C@@H](OS(C)(=O)=O)CN1C. The van der Waals surface area contributed by atoms with Crippen LogP contribution in [-0.2, 0) is 23.8 Å². The van der Waals surface area contributed by atoms with Crippen molar-refractivity contribution in [1.82, 2.24) is 4.90 Å². The van der Waals surface area contributed by atoms with E-state index in [9.17, 15) is 13.2 Å². The van der Waals surface area contributed by atoms with Crippen molar-refractivity contribution >= 4 is 16.1 Å². The van der Waals surface area contributed by atoms with E-state index in [0.717, 1.165) is 6.26 Å². The zero-order valence-corrected chi connectivity index (χ0v) is 9.78. The number of ether oxygens (including phenoxy) is 1. The van der Waals surface area contributed by atoms with E-state index < -0.39 is 22.3 Å². The van der Waals surface area contributed by atoms with Crippen LogP contribution in [0.15, 0.2) is 0 Å². The topological polar surface area (TPSA) is 72.9 Å². The molecule has 88 valence electrons. The van der Waals surface area contributed by atoms with Crippen LogP contribution in [0.5, 0.6) is 0 Å². The third kappa shape index (κ3) is 3.44. The molecule has 1 aliphatic heterocycles. The molecule has 1 fully saturated rings. The first-order chi connectivity index (χ1) is 6.83. The fraction of sp³-hybridized carbons (Fsp3) is 0.875. The number of likely N-dealkylation sites (tertiary alicyclic amines) is 1. The molecule has 1 heterocycles. The second-order valence-corrected chi connectivity index (χ2v) is 5.24. The Hall–Kier alpha value is -0.660. The monoisotopic (exact) mass is 237 g/mol. The van der Waals surface area contributed by atoms with Gasteiger partial charge in [-0.1, -0.05) is 0 Å². The first-order valence-electron chi connectivity index (χ1n) is 4.50. The predicted molar refractivity (Wildman–Crippen MR) is 52.8 cm³/mol. The molecule has 1 saturated heterocycles. The van der Waals surface area contributed by atoms with Gasteiger partial charge in [0.05, 0.1) is 19.5 Å². The number of nitrogens with zero attached hydrogens (tertiary/aromatic N) is 1. The van der Waals surface area contributed by atoms with Crippen molar-refractivity contribution in [2.45, 2.75) is 18.6 Å². The largest absolute Gasteiger partial charge is 0.468 e. The number of hydrogen-bond donors (Lipinski definition) is 0. The fourth-order valence-electron chi connectivity index (χ4n) is 1.68. The van der Waals surface area contributed by atoms with Gasteiger partial charge in [0.2, 0.25) is 0 Å². The van der Waals surface area contributed by atoms with Crippen molar-refractivity contribution < 1.29 is 22.1 Å². The quantitative estimate of drug-likeness (QED) is 0.473. The summed E-state index contributed by atoms with van der Waals surface area (Å²) in [5.74, 6) is -0.364. The van der Waals surface area contributed by atoms with E-state index in [-0.39, 0.29) is 5.97 Å². The van der Waals surface area contributed by atoms with Crippen LogP contribution in [-0.4, -0.2) is 58.4 Å². The number of carbonyl (C=O) groups is 1. The summed E-state index contributed by atoms with van der Waals surface area (Å²) in [6, 6.07) is -0.415. The zero-order valence-electron chi connectivity index (χ0n) is 8.97. The van der Waals surface area contributed by atoms with Gasteiger partial charge in [0.1, 0.15) is 6.04 Å². The lowest BCUT2D eigenvalue weighted by Gasteiger charge is -2.15. The van der Waals surface area contributed by atoms with Crippen LogP contribution in [0.4, 0.5) is 0 Å². The molecule has 0 spiro atoms. The van der Waals surface area contributed by atoms with Gasteiger partial charge in [0, 0.05) is 13.0 Å². The number of carbonyl (C=O) groups excluding carboxylic acids is 1. The van der Waals surface area contributed by atoms with Crippen LogP contribution < -0.4 is 0 Å². The van der Waals surface area contributed by atoms with Crippen molar-refractivity contribution in [3.8, 4) is 0 Å². The second kappa shape index (κ2) is 4.46. The Bertz CT molecular complexity index is 339. The average Bonchev–Trinajstić information content (AvgIpc) is 2.42. The number of rotatable bonds is 3. The Morgan fingerprint density at radius 2 is 2.07 bits per heavy atom. The van der Waals surface area contributed by atoms with Gasteiger partial charge in [-0.2, -0.15) is 8.42 Å². The van der Waals surface area contributed by atoms with Gasteiger partial charge in [-0.15, -0.1) is 0 Å². The molecule has 7 heteroatoms. The third-order valence-corrected chi connectivity index (χ3v) is 2.92. The summed E-state index contributed by atoms with van der Waals surface area (Å²) in [4.78, 5) is 13.0. The van der Waals surface area contributed by atoms with Crippen LogP contribution in [0.25, 0.3) is 0 Å². The zero-order chi connectivity index (χ0) is 11.6. The molecule has 2 atom stereocenters. The van der Waals surface area contributed by atoms with Gasteiger partial charge < -0.3 is 4.74 Å². The molecule has 0 N–H and O–H groups in total. The maximum Gasteiger partial charge on any atom is 0.323 e. The number of methoxy groups -OCH3 is 1. The van der Waals surface area contributed by atoms with Gasteiger partial charge >= 0.3 is 5.97 Å². The van der Waals surface area contributed by atoms with Crippen LogP contribution in [0, 0.1) is 0 Å². The van der Waals surface area contributed by atoms with E-state index in [1.165, 1.54) is 7.11 Å². The molecule has 0 unspecified atom stereocenters. The summed E-state index contributed by atoms with van der Waals surface area (Å²) in [5.41, 5.74) is 0. The fourth-order valence-corrected chi connectivity index (χ4v) is 2.31. The van der Waals surface area contributed by atoms with Crippen molar-refractivity contribution in [2.24, 2.45) is 0 Å². The van der Waals surface area contributed by atoms with Crippen LogP contribution in [0.2, 0.25) is 0 Å². The molecule has 0 aromatic carbocycles. The van der Waals surface area contributed by atoms with Crippen molar-refractivity contribution in [2.75, 3.05) is 27.0 Å². The molecule has 0 aliphatic carbocycles. The van der Waals surface area contributed by atoms with Gasteiger partial charge in [-0.3, -0.25) is 13.9 Å². The Morgan fingerprint density at radius 3 is 2.53 bits per heavy atom. The second-order valence-electron chi connectivity index (χ2n) is 3.64. The summed E-state index contributed by atoms with van der Waals surface area (Å²) in [6.07, 6.45) is 0.878. The summed E-state index contributed by atoms with van der Waals surface area (Å²) < 4.78 is 31.2. The molecule has 0 saturated carbocycles. The Balaban J connectivity index is 2.60. The molecular formula is C8H15NO5S. The van der Waals surface area contributed by atoms with Gasteiger partial charge in [0.25, 0.3) is 10.1 Å². The average molecular weight is 237 g/mol. The molecule has 0 bridgehead atoms. The summed E-state index contributed by atoms with van der Waals surface area (Å²) in [5, 5.41) is 0.